The molecule has 21 heavy (non-hydrogen) atoms. The lowest BCUT2D eigenvalue weighted by atomic mass is 10.1. The van der Waals surface area contributed by atoms with Gasteiger partial charge in [0.1, 0.15) is 18.0 Å². The summed E-state index contributed by atoms with van der Waals surface area (Å²) in [4.78, 5) is 27.1. The first-order valence-electron chi connectivity index (χ1n) is 6.58. The molecule has 108 valence electrons. The van der Waals surface area contributed by atoms with Crippen LogP contribution in [0.2, 0.25) is 0 Å². The highest BCUT2D eigenvalue weighted by Gasteiger charge is 2.18. The predicted molar refractivity (Wildman–Crippen MR) is 78.7 cm³/mol. The van der Waals surface area contributed by atoms with Gasteiger partial charge in [-0.2, -0.15) is 0 Å². The van der Waals surface area contributed by atoms with Gasteiger partial charge in [0.25, 0.3) is 5.91 Å². The average Bonchev–Trinajstić information content (AvgIpc) is 2.53. The normalized spacial score (nSPS) is 13.2. The zero-order valence-electron chi connectivity index (χ0n) is 11.6. The average molecular weight is 284 g/mol. The second-order valence-electron chi connectivity index (χ2n) is 4.65. The van der Waals surface area contributed by atoms with Crippen LogP contribution in [0.1, 0.15) is 17.4 Å². The molecule has 1 aromatic carbocycles. The highest BCUT2D eigenvalue weighted by molar-refractivity contribution is 5.94. The minimum absolute atomic E-state index is 0.198. The fraction of sp³-hybridized carbons (Fsp3) is 0.188. The van der Waals surface area contributed by atoms with Crippen LogP contribution in [0.5, 0.6) is 0 Å². The molecule has 5 heteroatoms. The van der Waals surface area contributed by atoms with Crippen LogP contribution in [0.25, 0.3) is 11.3 Å². The molecule has 0 radical (unpaired) electrons. The second kappa shape index (κ2) is 6.76. The van der Waals surface area contributed by atoms with Crippen LogP contribution < -0.4 is 5.32 Å². The first-order valence-corrected chi connectivity index (χ1v) is 6.58. The van der Waals surface area contributed by atoms with E-state index in [1.54, 1.807) is 18.2 Å². The lowest BCUT2D eigenvalue weighted by molar-refractivity contribution is -0.111. The van der Waals surface area contributed by atoms with E-state index in [1.807, 2.05) is 30.3 Å². The Labute approximate surface area is 122 Å². The van der Waals surface area contributed by atoms with Gasteiger partial charge in [0.15, 0.2) is 0 Å². The topological polar surface area (TPSA) is 79.3 Å². The molecule has 0 fully saturated rings. The molecule has 1 amide bonds. The smallest absolute Gasteiger partial charge is 0.270 e. The van der Waals surface area contributed by atoms with E-state index in [1.165, 1.54) is 6.92 Å². The van der Waals surface area contributed by atoms with Crippen LogP contribution in [-0.2, 0) is 4.79 Å². The van der Waals surface area contributed by atoms with Gasteiger partial charge in [-0.15, -0.1) is 0 Å². The van der Waals surface area contributed by atoms with Crippen LogP contribution in [-0.4, -0.2) is 34.4 Å². The molecular formula is C16H16N2O3. The summed E-state index contributed by atoms with van der Waals surface area (Å²) < 4.78 is 0. The van der Waals surface area contributed by atoms with Crippen molar-refractivity contribution in [3.05, 3.63) is 54.2 Å². The number of pyridine rings is 1. The number of rotatable bonds is 5. The molecule has 2 rings (SSSR count). The van der Waals surface area contributed by atoms with Crippen LogP contribution in [0.4, 0.5) is 0 Å². The van der Waals surface area contributed by atoms with Crippen molar-refractivity contribution in [2.24, 2.45) is 0 Å². The lowest BCUT2D eigenvalue weighted by Gasteiger charge is -2.15. The van der Waals surface area contributed by atoms with Gasteiger partial charge < -0.3 is 15.2 Å². The standard InChI is InChI=1S/C16H16N2O3/c1-11(20)15(10-19)18-16(21)14-9-5-8-13(17-14)12-6-3-2-4-7-12/h2-11,15,20H,1H3,(H,18,21). The highest BCUT2D eigenvalue weighted by Crippen LogP contribution is 2.16. The maximum Gasteiger partial charge on any atom is 0.270 e. The molecule has 2 aromatic rings. The molecule has 0 aliphatic heterocycles. The Bertz CT molecular complexity index is 626. The summed E-state index contributed by atoms with van der Waals surface area (Å²) in [5.41, 5.74) is 1.77. The van der Waals surface area contributed by atoms with E-state index in [9.17, 15) is 14.7 Å². The number of aliphatic hydroxyl groups is 1. The predicted octanol–water partition coefficient (Wildman–Crippen LogP) is 1.43. The molecule has 2 unspecified atom stereocenters. The number of nitrogens with zero attached hydrogens (tertiary/aromatic N) is 1. The third-order valence-corrected chi connectivity index (χ3v) is 3.02. The van der Waals surface area contributed by atoms with E-state index >= 15 is 0 Å². The van der Waals surface area contributed by atoms with Gasteiger partial charge in [-0.05, 0) is 19.1 Å². The van der Waals surface area contributed by atoms with Crippen LogP contribution in [0, 0.1) is 0 Å². The van der Waals surface area contributed by atoms with Crippen molar-refractivity contribution < 1.29 is 14.7 Å². The molecule has 1 aromatic heterocycles. The van der Waals surface area contributed by atoms with Crippen molar-refractivity contribution >= 4 is 12.2 Å². The number of aliphatic hydroxyl groups excluding tert-OH is 1. The fourth-order valence-electron chi connectivity index (χ4n) is 1.82. The third kappa shape index (κ3) is 3.73. The van der Waals surface area contributed by atoms with Crippen LogP contribution in [0.15, 0.2) is 48.5 Å². The zero-order valence-corrected chi connectivity index (χ0v) is 11.6. The molecule has 0 aliphatic rings. The molecule has 0 bridgehead atoms. The van der Waals surface area contributed by atoms with Crippen molar-refractivity contribution in [3.8, 4) is 11.3 Å². The maximum atomic E-state index is 12.1. The van der Waals surface area contributed by atoms with Crippen molar-refractivity contribution in [2.45, 2.75) is 19.1 Å². The number of aldehydes is 1. The second-order valence-corrected chi connectivity index (χ2v) is 4.65. The monoisotopic (exact) mass is 284 g/mol. The molecule has 2 atom stereocenters. The summed E-state index contributed by atoms with van der Waals surface area (Å²) in [6, 6.07) is 13.6. The highest BCUT2D eigenvalue weighted by atomic mass is 16.3. The Balaban J connectivity index is 2.21. The van der Waals surface area contributed by atoms with Gasteiger partial charge in [-0.1, -0.05) is 36.4 Å². The summed E-state index contributed by atoms with van der Waals surface area (Å²) in [5, 5.41) is 11.8. The van der Waals surface area contributed by atoms with E-state index in [0.717, 1.165) is 5.56 Å². The minimum atomic E-state index is -0.955. The van der Waals surface area contributed by atoms with Crippen LogP contribution in [0.3, 0.4) is 0 Å². The van der Waals surface area contributed by atoms with Gasteiger partial charge in [-0.25, -0.2) is 4.98 Å². The Hall–Kier alpha value is -2.53. The fourth-order valence-corrected chi connectivity index (χ4v) is 1.82. The quantitative estimate of drug-likeness (QED) is 0.814. The summed E-state index contributed by atoms with van der Waals surface area (Å²) in [6.07, 6.45) is -0.451. The molecule has 1 heterocycles. The minimum Gasteiger partial charge on any atom is -0.391 e. The number of hydrogen-bond acceptors (Lipinski definition) is 4. The first kappa shape index (κ1) is 14.9. The molecule has 0 saturated carbocycles. The van der Waals surface area contributed by atoms with Crippen LogP contribution >= 0.6 is 0 Å². The molecule has 5 nitrogen and oxygen atoms in total. The molecule has 0 spiro atoms. The number of benzene rings is 1. The number of hydrogen-bond donors (Lipinski definition) is 2. The number of amides is 1. The van der Waals surface area contributed by atoms with Crippen molar-refractivity contribution in [2.75, 3.05) is 0 Å². The van der Waals surface area contributed by atoms with Gasteiger partial charge in [0, 0.05) is 5.56 Å². The number of nitrogens with one attached hydrogen (secondary N) is 1. The Morgan fingerprint density at radius 3 is 2.52 bits per heavy atom. The first-order chi connectivity index (χ1) is 10.1. The largest absolute Gasteiger partial charge is 0.391 e. The molecule has 0 aliphatic carbocycles. The molecule has 0 saturated heterocycles. The Morgan fingerprint density at radius 2 is 1.90 bits per heavy atom. The van der Waals surface area contributed by atoms with Gasteiger partial charge >= 0.3 is 0 Å². The Morgan fingerprint density at radius 1 is 1.19 bits per heavy atom. The third-order valence-electron chi connectivity index (χ3n) is 3.02. The summed E-state index contributed by atoms with van der Waals surface area (Å²) >= 11 is 0. The van der Waals surface area contributed by atoms with E-state index in [0.29, 0.717) is 12.0 Å². The number of carbonyl (C=O) groups is 2. The zero-order chi connectivity index (χ0) is 15.2. The summed E-state index contributed by atoms with van der Waals surface area (Å²) in [6.45, 7) is 1.44. The van der Waals surface area contributed by atoms with Crippen molar-refractivity contribution in [3.63, 3.8) is 0 Å². The van der Waals surface area contributed by atoms with Crippen molar-refractivity contribution in [1.82, 2.24) is 10.3 Å². The number of carbonyl (C=O) groups excluding carboxylic acids is 2. The molecular weight excluding hydrogens is 268 g/mol. The molecule has 2 N–H and O–H groups in total. The van der Waals surface area contributed by atoms with E-state index in [2.05, 4.69) is 10.3 Å². The van der Waals surface area contributed by atoms with Gasteiger partial charge in [0.2, 0.25) is 0 Å². The van der Waals surface area contributed by atoms with Gasteiger partial charge in [0.05, 0.1) is 11.8 Å². The summed E-state index contributed by atoms with van der Waals surface area (Å²) in [5.74, 6) is -0.495. The van der Waals surface area contributed by atoms with E-state index in [4.69, 9.17) is 0 Å². The number of aromatic nitrogens is 1. The Kier molecular flexibility index (Phi) is 4.79. The maximum absolute atomic E-state index is 12.1. The summed E-state index contributed by atoms with van der Waals surface area (Å²) in [7, 11) is 0. The lowest BCUT2D eigenvalue weighted by Crippen LogP contribution is -2.43. The van der Waals surface area contributed by atoms with Crippen molar-refractivity contribution in [1.29, 1.82) is 0 Å². The SMILES string of the molecule is CC(O)C(C=O)NC(=O)c1cccc(-c2ccccc2)n1. The van der Waals surface area contributed by atoms with E-state index < -0.39 is 18.1 Å². The van der Waals surface area contributed by atoms with Gasteiger partial charge in [-0.3, -0.25) is 4.79 Å². The van der Waals surface area contributed by atoms with E-state index in [-0.39, 0.29) is 5.69 Å².